The number of carbonyl (C=O) groups is 3. The van der Waals surface area contributed by atoms with Crippen molar-refractivity contribution in [3.8, 4) is 0 Å². The minimum absolute atomic E-state index is 0.139. The molecule has 0 radical (unpaired) electrons. The highest BCUT2D eigenvalue weighted by Gasteiger charge is 2.21. The Hall–Kier alpha value is -3.27. The number of ether oxygens (including phenoxy) is 4. The van der Waals surface area contributed by atoms with Gasteiger partial charge >= 0.3 is 11.9 Å². The van der Waals surface area contributed by atoms with E-state index >= 15 is 0 Å². The summed E-state index contributed by atoms with van der Waals surface area (Å²) in [4.78, 5) is 37.1. The van der Waals surface area contributed by atoms with Gasteiger partial charge in [0.2, 0.25) is 0 Å². The molecule has 0 spiro atoms. The number of quaternary nitrogens is 1. The fourth-order valence-electron chi connectivity index (χ4n) is 6.56. The van der Waals surface area contributed by atoms with Crippen molar-refractivity contribution in [1.82, 2.24) is 0 Å². The van der Waals surface area contributed by atoms with E-state index in [1.807, 2.05) is 21.1 Å². The Balaban J connectivity index is 4.43. The lowest BCUT2D eigenvalue weighted by Gasteiger charge is -2.26. The highest BCUT2D eigenvalue weighted by molar-refractivity contribution is 5.70. The first kappa shape index (κ1) is 59.7. The summed E-state index contributed by atoms with van der Waals surface area (Å²) < 4.78 is 22.6. The number of carboxylic acids is 1. The summed E-state index contributed by atoms with van der Waals surface area (Å²) >= 11 is 0. The zero-order valence-corrected chi connectivity index (χ0v) is 40.9. The summed E-state index contributed by atoms with van der Waals surface area (Å²) in [5.41, 5.74) is 0. The fourth-order valence-corrected chi connectivity index (χ4v) is 6.56. The molecule has 362 valence electrons. The molecule has 0 rings (SSSR count). The Morgan fingerprint density at radius 1 is 0.492 bits per heavy atom. The molecule has 0 fully saturated rings. The second-order valence-corrected chi connectivity index (χ2v) is 17.7. The van der Waals surface area contributed by atoms with Crippen LogP contribution in [0.3, 0.4) is 0 Å². The Kier molecular flexibility index (Phi) is 43.0. The summed E-state index contributed by atoms with van der Waals surface area (Å²) in [7, 11) is 5.90. The molecule has 0 N–H and O–H groups in total. The minimum Gasteiger partial charge on any atom is -0.545 e. The van der Waals surface area contributed by atoms with E-state index < -0.39 is 24.3 Å². The molecule has 0 aromatic rings. The summed E-state index contributed by atoms with van der Waals surface area (Å²) in [6, 6.07) is 0. The van der Waals surface area contributed by atoms with Crippen molar-refractivity contribution in [2.75, 3.05) is 47.5 Å². The molecular formula is C54H93NO8. The monoisotopic (exact) mass is 884 g/mol. The van der Waals surface area contributed by atoms with E-state index in [4.69, 9.17) is 18.9 Å². The van der Waals surface area contributed by atoms with E-state index in [0.29, 0.717) is 17.4 Å². The summed E-state index contributed by atoms with van der Waals surface area (Å²) in [6.45, 7) is 4.59. The molecule has 9 heteroatoms. The highest BCUT2D eigenvalue weighted by Crippen LogP contribution is 2.14. The van der Waals surface area contributed by atoms with E-state index in [0.717, 1.165) is 96.3 Å². The second-order valence-electron chi connectivity index (χ2n) is 17.7. The molecule has 2 atom stereocenters. The Morgan fingerprint density at radius 2 is 0.905 bits per heavy atom. The summed E-state index contributed by atoms with van der Waals surface area (Å²) in [5.74, 6) is -2.32. The van der Waals surface area contributed by atoms with E-state index in [9.17, 15) is 19.5 Å². The highest BCUT2D eigenvalue weighted by atomic mass is 16.7. The van der Waals surface area contributed by atoms with E-state index in [2.05, 4.69) is 86.8 Å². The fraction of sp³-hybridized carbons (Fsp3) is 0.722. The van der Waals surface area contributed by atoms with Crippen LogP contribution in [0.1, 0.15) is 194 Å². The number of hydrogen-bond acceptors (Lipinski definition) is 8. The molecule has 0 aliphatic rings. The molecule has 0 aromatic carbocycles. The summed E-state index contributed by atoms with van der Waals surface area (Å²) in [6.07, 6.45) is 53.6. The lowest BCUT2D eigenvalue weighted by atomic mass is 10.1. The Bertz CT molecular complexity index is 1260. The van der Waals surface area contributed by atoms with Crippen LogP contribution in [-0.2, 0) is 33.3 Å². The molecule has 0 heterocycles. The molecule has 0 aromatic heterocycles. The first-order valence-corrected chi connectivity index (χ1v) is 25.1. The van der Waals surface area contributed by atoms with Gasteiger partial charge in [-0.25, -0.2) is 0 Å². The van der Waals surface area contributed by atoms with Crippen LogP contribution in [0.5, 0.6) is 0 Å². The summed E-state index contributed by atoms with van der Waals surface area (Å²) in [5, 5.41) is 11.7. The smallest absolute Gasteiger partial charge is 0.306 e. The zero-order chi connectivity index (χ0) is 46.3. The van der Waals surface area contributed by atoms with Crippen LogP contribution < -0.4 is 5.11 Å². The SMILES string of the molecule is CC/C=C\C/C=C\C/C=C\C/C=C\C/C=C\CCCCCCCC(=O)OC(COC(=O)CCCCCCCCC/C=C\CCCCCCCC)COC(OCC[N+](C)(C)C)C(=O)[O-]. The third-order valence-electron chi connectivity index (χ3n) is 10.4. The topological polar surface area (TPSA) is 111 Å². The van der Waals surface area contributed by atoms with Gasteiger partial charge in [-0.15, -0.1) is 0 Å². The van der Waals surface area contributed by atoms with Gasteiger partial charge in [-0.05, 0) is 83.5 Å². The Labute approximate surface area is 386 Å². The third kappa shape index (κ3) is 46.5. The van der Waals surface area contributed by atoms with Crippen LogP contribution in [0.4, 0.5) is 0 Å². The van der Waals surface area contributed by atoms with Gasteiger partial charge in [0, 0.05) is 12.8 Å². The molecule has 0 saturated heterocycles. The molecule has 0 amide bonds. The molecule has 63 heavy (non-hydrogen) atoms. The van der Waals surface area contributed by atoms with E-state index in [1.54, 1.807) is 0 Å². The van der Waals surface area contributed by atoms with Crippen molar-refractivity contribution >= 4 is 17.9 Å². The van der Waals surface area contributed by atoms with Gasteiger partial charge in [0.1, 0.15) is 13.2 Å². The quantitative estimate of drug-likeness (QED) is 0.0195. The molecule has 0 aliphatic carbocycles. The minimum atomic E-state index is -1.63. The first-order valence-electron chi connectivity index (χ1n) is 25.1. The third-order valence-corrected chi connectivity index (χ3v) is 10.4. The number of hydrogen-bond donors (Lipinski definition) is 0. The van der Waals surface area contributed by atoms with Gasteiger partial charge in [-0.1, -0.05) is 170 Å². The molecule has 0 bridgehead atoms. The molecule has 0 aliphatic heterocycles. The number of unbranched alkanes of at least 4 members (excludes halogenated alkanes) is 18. The van der Waals surface area contributed by atoms with E-state index in [-0.39, 0.29) is 38.6 Å². The number of allylic oxidation sites excluding steroid dienone is 12. The number of esters is 2. The number of likely N-dealkylation sites (N-methyl/N-ethyl adjacent to an activating group) is 1. The predicted molar refractivity (Wildman–Crippen MR) is 260 cm³/mol. The lowest BCUT2D eigenvalue weighted by molar-refractivity contribution is -0.870. The maximum Gasteiger partial charge on any atom is 0.306 e. The molecular weight excluding hydrogens is 791 g/mol. The van der Waals surface area contributed by atoms with Crippen molar-refractivity contribution in [3.63, 3.8) is 0 Å². The molecule has 9 nitrogen and oxygen atoms in total. The number of nitrogens with zero attached hydrogens (tertiary/aromatic N) is 1. The standard InChI is InChI=1S/C54H93NO8/c1-6-8-10-12-14-16-18-20-22-24-25-26-27-29-31-33-35-37-39-41-43-45-52(57)63-50(49-62-54(53(58)59)60-47-46-55(3,4)5)48-61-51(56)44-42-40-38-36-34-32-30-28-23-21-19-17-15-13-11-9-7-2/h8,10,14,16,20-23,25-26,29,31,50,54H,6-7,9,11-13,15,17-19,24,27-28,30,32-49H2,1-5H3/b10-8-,16-14-,22-20-,23-21-,26-25-,31-29-. The number of rotatable bonds is 45. The average Bonchev–Trinajstić information content (AvgIpc) is 3.24. The van der Waals surface area contributed by atoms with Crippen molar-refractivity contribution in [2.24, 2.45) is 0 Å². The van der Waals surface area contributed by atoms with Crippen LogP contribution in [-0.4, -0.2) is 82.3 Å². The normalized spacial score (nSPS) is 13.5. The van der Waals surface area contributed by atoms with E-state index in [1.165, 1.54) is 64.2 Å². The van der Waals surface area contributed by atoms with Gasteiger partial charge in [0.25, 0.3) is 0 Å². The van der Waals surface area contributed by atoms with Crippen molar-refractivity contribution in [1.29, 1.82) is 0 Å². The molecule has 2 unspecified atom stereocenters. The maximum absolute atomic E-state index is 12.8. The van der Waals surface area contributed by atoms with Crippen LogP contribution in [0.15, 0.2) is 72.9 Å². The van der Waals surface area contributed by atoms with Crippen LogP contribution in [0, 0.1) is 0 Å². The average molecular weight is 884 g/mol. The maximum atomic E-state index is 12.8. The lowest BCUT2D eigenvalue weighted by Crippen LogP contribution is -2.44. The van der Waals surface area contributed by atoms with Crippen LogP contribution in [0.25, 0.3) is 0 Å². The largest absolute Gasteiger partial charge is 0.545 e. The first-order chi connectivity index (χ1) is 30.6. The van der Waals surface area contributed by atoms with Gasteiger partial charge in [0.05, 0.1) is 40.3 Å². The van der Waals surface area contributed by atoms with Crippen molar-refractivity contribution < 1.29 is 42.9 Å². The van der Waals surface area contributed by atoms with Crippen LogP contribution in [0.2, 0.25) is 0 Å². The van der Waals surface area contributed by atoms with Gasteiger partial charge in [-0.3, -0.25) is 9.59 Å². The second kappa shape index (κ2) is 45.3. The predicted octanol–water partition coefficient (Wildman–Crippen LogP) is 12.6. The number of carbonyl (C=O) groups excluding carboxylic acids is 3. The van der Waals surface area contributed by atoms with Crippen LogP contribution >= 0.6 is 0 Å². The zero-order valence-electron chi connectivity index (χ0n) is 40.9. The Morgan fingerprint density at radius 3 is 1.37 bits per heavy atom. The van der Waals surface area contributed by atoms with Gasteiger partial charge in [-0.2, -0.15) is 0 Å². The van der Waals surface area contributed by atoms with Crippen molar-refractivity contribution in [2.45, 2.75) is 206 Å². The van der Waals surface area contributed by atoms with Gasteiger partial charge < -0.3 is 33.3 Å². The molecule has 0 saturated carbocycles. The van der Waals surface area contributed by atoms with Crippen molar-refractivity contribution in [3.05, 3.63) is 72.9 Å². The van der Waals surface area contributed by atoms with Gasteiger partial charge in [0.15, 0.2) is 12.4 Å². The number of carboxylic acid groups (broad SMARTS) is 1. The number of aliphatic carboxylic acids is 1.